The van der Waals surface area contributed by atoms with E-state index in [1.807, 2.05) is 0 Å². The standard InChI is InChI=1S/C19H20O8S/c1-12-7-9-14(10-8-12)28(23,24)27-16-15(20)11-25-19(22)17(16)26-18(21)13-5-3-2-4-6-13/h2-10,15-17,19-20,22H,11H2,1H3/t15-,16+,17-,19+/m1/s1. The maximum absolute atomic E-state index is 12.6. The molecule has 150 valence electrons. The van der Waals surface area contributed by atoms with E-state index in [1.165, 1.54) is 24.3 Å². The molecule has 0 bridgehead atoms. The summed E-state index contributed by atoms with van der Waals surface area (Å²) in [7, 11) is -4.28. The van der Waals surface area contributed by atoms with Crippen molar-refractivity contribution in [3.05, 3.63) is 65.7 Å². The molecular formula is C19H20O8S. The second-order valence-corrected chi connectivity index (χ2v) is 7.93. The van der Waals surface area contributed by atoms with E-state index in [0.29, 0.717) is 0 Å². The summed E-state index contributed by atoms with van der Waals surface area (Å²) >= 11 is 0. The van der Waals surface area contributed by atoms with Crippen LogP contribution < -0.4 is 0 Å². The minimum Gasteiger partial charge on any atom is -0.450 e. The number of hydrogen-bond donors (Lipinski definition) is 2. The Hall–Kier alpha value is -2.30. The molecular weight excluding hydrogens is 388 g/mol. The lowest BCUT2D eigenvalue weighted by Gasteiger charge is -2.36. The van der Waals surface area contributed by atoms with Crippen molar-refractivity contribution < 1.29 is 37.1 Å². The lowest BCUT2D eigenvalue weighted by atomic mass is 10.1. The van der Waals surface area contributed by atoms with E-state index in [-0.39, 0.29) is 17.1 Å². The topological polar surface area (TPSA) is 119 Å². The summed E-state index contributed by atoms with van der Waals surface area (Å²) in [5.41, 5.74) is 1.05. The highest BCUT2D eigenvalue weighted by Crippen LogP contribution is 2.25. The molecule has 1 aliphatic rings. The van der Waals surface area contributed by atoms with Gasteiger partial charge >= 0.3 is 5.97 Å². The number of benzene rings is 2. The summed E-state index contributed by atoms with van der Waals surface area (Å²) in [6, 6.07) is 13.8. The predicted octanol–water partition coefficient (Wildman–Crippen LogP) is 1.00. The van der Waals surface area contributed by atoms with Crippen LogP contribution in [-0.2, 0) is 23.8 Å². The predicted molar refractivity (Wildman–Crippen MR) is 96.8 cm³/mol. The first kappa shape index (κ1) is 20.4. The largest absolute Gasteiger partial charge is 0.450 e. The minimum atomic E-state index is -4.28. The van der Waals surface area contributed by atoms with Gasteiger partial charge in [0.15, 0.2) is 12.4 Å². The molecule has 0 radical (unpaired) electrons. The van der Waals surface area contributed by atoms with E-state index in [9.17, 15) is 23.4 Å². The molecule has 2 aromatic rings. The van der Waals surface area contributed by atoms with Gasteiger partial charge in [-0.05, 0) is 31.2 Å². The molecule has 1 heterocycles. The van der Waals surface area contributed by atoms with Gasteiger partial charge in [-0.3, -0.25) is 4.18 Å². The molecule has 0 unspecified atom stereocenters. The van der Waals surface area contributed by atoms with Crippen LogP contribution in [0.5, 0.6) is 0 Å². The first-order valence-electron chi connectivity index (χ1n) is 8.51. The summed E-state index contributed by atoms with van der Waals surface area (Å²) in [5, 5.41) is 20.2. The second kappa shape index (κ2) is 8.38. The van der Waals surface area contributed by atoms with Crippen LogP contribution >= 0.6 is 0 Å². The van der Waals surface area contributed by atoms with Crippen molar-refractivity contribution in [2.45, 2.75) is 36.4 Å². The van der Waals surface area contributed by atoms with Crippen LogP contribution in [0.25, 0.3) is 0 Å². The number of carbonyl (C=O) groups excluding carboxylic acids is 1. The Morgan fingerprint density at radius 3 is 2.32 bits per heavy atom. The summed E-state index contributed by atoms with van der Waals surface area (Å²) in [6.07, 6.45) is -6.18. The maximum atomic E-state index is 12.6. The lowest BCUT2D eigenvalue weighted by Crippen LogP contribution is -2.56. The maximum Gasteiger partial charge on any atom is 0.338 e. The number of hydrogen-bond acceptors (Lipinski definition) is 8. The molecule has 8 nitrogen and oxygen atoms in total. The first-order valence-corrected chi connectivity index (χ1v) is 9.92. The average molecular weight is 408 g/mol. The molecule has 1 aliphatic heterocycles. The van der Waals surface area contributed by atoms with Crippen molar-refractivity contribution in [1.82, 2.24) is 0 Å². The number of rotatable bonds is 5. The van der Waals surface area contributed by atoms with E-state index in [2.05, 4.69) is 0 Å². The number of esters is 1. The van der Waals surface area contributed by atoms with Gasteiger partial charge in [0.2, 0.25) is 0 Å². The van der Waals surface area contributed by atoms with Crippen LogP contribution in [0.4, 0.5) is 0 Å². The summed E-state index contributed by atoms with van der Waals surface area (Å²) < 4.78 is 40.4. The number of aliphatic hydroxyl groups is 2. The summed E-state index contributed by atoms with van der Waals surface area (Å²) in [6.45, 7) is 1.42. The van der Waals surface area contributed by atoms with Crippen LogP contribution in [0.1, 0.15) is 15.9 Å². The molecule has 0 aliphatic carbocycles. The van der Waals surface area contributed by atoms with E-state index in [0.717, 1.165) is 5.56 Å². The van der Waals surface area contributed by atoms with Crippen molar-refractivity contribution in [2.24, 2.45) is 0 Å². The fraction of sp³-hybridized carbons (Fsp3) is 0.316. The molecule has 0 spiro atoms. The normalized spacial score (nSPS) is 25.2. The number of ether oxygens (including phenoxy) is 2. The van der Waals surface area contributed by atoms with Gasteiger partial charge < -0.3 is 19.7 Å². The molecule has 0 aromatic heterocycles. The molecule has 3 rings (SSSR count). The van der Waals surface area contributed by atoms with Gasteiger partial charge in [-0.1, -0.05) is 35.9 Å². The molecule has 9 heteroatoms. The van der Waals surface area contributed by atoms with E-state index < -0.39 is 40.7 Å². The quantitative estimate of drug-likeness (QED) is 0.556. The fourth-order valence-corrected chi connectivity index (χ4v) is 3.80. The van der Waals surface area contributed by atoms with Gasteiger partial charge in [0, 0.05) is 0 Å². The summed E-state index contributed by atoms with van der Waals surface area (Å²) in [5.74, 6) is -0.816. The van der Waals surface area contributed by atoms with Crippen molar-refractivity contribution >= 4 is 16.1 Å². The van der Waals surface area contributed by atoms with Gasteiger partial charge in [0.05, 0.1) is 17.1 Å². The Kier molecular flexibility index (Phi) is 6.11. The molecule has 1 fully saturated rings. The monoisotopic (exact) mass is 408 g/mol. The third kappa shape index (κ3) is 4.57. The van der Waals surface area contributed by atoms with Gasteiger partial charge in [-0.15, -0.1) is 0 Å². The van der Waals surface area contributed by atoms with Gasteiger partial charge in [0.25, 0.3) is 10.1 Å². The molecule has 2 aromatic carbocycles. The van der Waals surface area contributed by atoms with Crippen molar-refractivity contribution in [3.8, 4) is 0 Å². The molecule has 2 N–H and O–H groups in total. The van der Waals surface area contributed by atoms with E-state index >= 15 is 0 Å². The molecule has 0 saturated carbocycles. The first-order chi connectivity index (χ1) is 13.3. The van der Waals surface area contributed by atoms with Crippen molar-refractivity contribution in [1.29, 1.82) is 0 Å². The third-order valence-electron chi connectivity index (χ3n) is 4.22. The third-order valence-corrected chi connectivity index (χ3v) is 5.55. The lowest BCUT2D eigenvalue weighted by molar-refractivity contribution is -0.245. The molecule has 28 heavy (non-hydrogen) atoms. The van der Waals surface area contributed by atoms with Crippen LogP contribution in [0.15, 0.2) is 59.5 Å². The highest BCUT2D eigenvalue weighted by Gasteiger charge is 2.45. The summed E-state index contributed by atoms with van der Waals surface area (Å²) in [4.78, 5) is 12.2. The average Bonchev–Trinajstić information content (AvgIpc) is 2.68. The van der Waals surface area contributed by atoms with Crippen LogP contribution in [0.2, 0.25) is 0 Å². The van der Waals surface area contributed by atoms with Crippen LogP contribution in [0.3, 0.4) is 0 Å². The van der Waals surface area contributed by atoms with Gasteiger partial charge in [-0.2, -0.15) is 8.42 Å². The Morgan fingerprint density at radius 1 is 1.04 bits per heavy atom. The zero-order chi connectivity index (χ0) is 20.3. The van der Waals surface area contributed by atoms with Crippen molar-refractivity contribution in [2.75, 3.05) is 6.61 Å². The zero-order valence-corrected chi connectivity index (χ0v) is 15.8. The highest BCUT2D eigenvalue weighted by atomic mass is 32.2. The van der Waals surface area contributed by atoms with E-state index in [1.54, 1.807) is 37.3 Å². The highest BCUT2D eigenvalue weighted by molar-refractivity contribution is 7.86. The number of carbonyl (C=O) groups is 1. The Balaban J connectivity index is 1.83. The Bertz CT molecular complexity index is 911. The molecule has 1 saturated heterocycles. The second-order valence-electron chi connectivity index (χ2n) is 6.36. The van der Waals surface area contributed by atoms with Crippen molar-refractivity contribution in [3.63, 3.8) is 0 Å². The van der Waals surface area contributed by atoms with Gasteiger partial charge in [-0.25, -0.2) is 4.79 Å². The Labute approximate surface area is 162 Å². The molecule has 4 atom stereocenters. The number of aryl methyl sites for hydroxylation is 1. The van der Waals surface area contributed by atoms with Gasteiger partial charge in [0.1, 0.15) is 12.2 Å². The number of aliphatic hydroxyl groups excluding tert-OH is 2. The fourth-order valence-electron chi connectivity index (χ4n) is 2.68. The molecule has 0 amide bonds. The SMILES string of the molecule is Cc1ccc(S(=O)(=O)O[C@@H]2[C@@H](OC(=O)c3ccccc3)[C@@H](O)OC[C@H]2O)cc1. The zero-order valence-electron chi connectivity index (χ0n) is 15.0. The van der Waals surface area contributed by atoms with E-state index in [4.69, 9.17) is 13.7 Å². The Morgan fingerprint density at radius 2 is 1.68 bits per heavy atom. The van der Waals surface area contributed by atoms with Crippen LogP contribution in [0, 0.1) is 6.92 Å². The minimum absolute atomic E-state index is 0.126. The van der Waals surface area contributed by atoms with Crippen LogP contribution in [-0.4, -0.2) is 55.8 Å². The smallest absolute Gasteiger partial charge is 0.338 e.